The largest absolute Gasteiger partial charge is 0.484 e. The van der Waals surface area contributed by atoms with Gasteiger partial charge in [0, 0.05) is 0 Å². The van der Waals surface area contributed by atoms with Crippen molar-refractivity contribution in [3.63, 3.8) is 0 Å². The highest BCUT2D eigenvalue weighted by molar-refractivity contribution is 6.03. The Balaban J connectivity index is 1.96. The zero-order valence-corrected chi connectivity index (χ0v) is 11.0. The number of nitrogens with one attached hydrogen (secondary N) is 1. The van der Waals surface area contributed by atoms with Crippen molar-refractivity contribution in [1.29, 1.82) is 0 Å². The summed E-state index contributed by atoms with van der Waals surface area (Å²) in [7, 11) is 0. The SMILES string of the molecule is NC(=O)c1ccccc1NC(=O)COc1ccc(F)cc1. The zero-order valence-electron chi connectivity index (χ0n) is 11.0. The van der Waals surface area contributed by atoms with E-state index in [0.717, 1.165) is 0 Å². The van der Waals surface area contributed by atoms with Gasteiger partial charge in [-0.3, -0.25) is 9.59 Å². The summed E-state index contributed by atoms with van der Waals surface area (Å²) in [5.74, 6) is -1.10. The van der Waals surface area contributed by atoms with Crippen LogP contribution < -0.4 is 15.8 Å². The number of amides is 2. The van der Waals surface area contributed by atoms with Gasteiger partial charge in [0.15, 0.2) is 6.61 Å². The normalized spacial score (nSPS) is 9.95. The van der Waals surface area contributed by atoms with Gasteiger partial charge < -0.3 is 15.8 Å². The lowest BCUT2D eigenvalue weighted by molar-refractivity contribution is -0.118. The van der Waals surface area contributed by atoms with E-state index in [4.69, 9.17) is 10.5 Å². The van der Waals surface area contributed by atoms with E-state index >= 15 is 0 Å². The number of halogens is 1. The smallest absolute Gasteiger partial charge is 0.262 e. The number of ether oxygens (including phenoxy) is 1. The Morgan fingerprint density at radius 3 is 2.43 bits per heavy atom. The van der Waals surface area contributed by atoms with Crippen molar-refractivity contribution < 1.29 is 18.7 Å². The van der Waals surface area contributed by atoms with Crippen LogP contribution >= 0.6 is 0 Å². The van der Waals surface area contributed by atoms with E-state index in [2.05, 4.69) is 5.32 Å². The lowest BCUT2D eigenvalue weighted by atomic mass is 10.1. The average molecular weight is 288 g/mol. The summed E-state index contributed by atoms with van der Waals surface area (Å²) in [6.45, 7) is -0.265. The number of carbonyl (C=O) groups is 2. The molecular weight excluding hydrogens is 275 g/mol. The van der Waals surface area contributed by atoms with Crippen LogP contribution in [0.1, 0.15) is 10.4 Å². The molecule has 0 saturated heterocycles. The molecule has 0 bridgehead atoms. The van der Waals surface area contributed by atoms with Gasteiger partial charge in [-0.15, -0.1) is 0 Å². The molecule has 0 aliphatic carbocycles. The third kappa shape index (κ3) is 4.04. The number of hydrogen-bond acceptors (Lipinski definition) is 3. The fraction of sp³-hybridized carbons (Fsp3) is 0.0667. The highest BCUT2D eigenvalue weighted by atomic mass is 19.1. The van der Waals surface area contributed by atoms with Gasteiger partial charge in [0.25, 0.3) is 11.8 Å². The van der Waals surface area contributed by atoms with Crippen molar-refractivity contribution in [1.82, 2.24) is 0 Å². The van der Waals surface area contributed by atoms with Crippen molar-refractivity contribution in [2.75, 3.05) is 11.9 Å². The number of rotatable bonds is 5. The van der Waals surface area contributed by atoms with Gasteiger partial charge in [-0.2, -0.15) is 0 Å². The van der Waals surface area contributed by atoms with E-state index in [0.29, 0.717) is 11.4 Å². The number of benzene rings is 2. The minimum atomic E-state index is -0.634. The van der Waals surface area contributed by atoms with Crippen LogP contribution in [0, 0.1) is 5.82 Å². The Morgan fingerprint density at radius 1 is 1.10 bits per heavy atom. The number of para-hydroxylation sites is 1. The molecule has 0 spiro atoms. The maximum Gasteiger partial charge on any atom is 0.262 e. The summed E-state index contributed by atoms with van der Waals surface area (Å²) in [6, 6.07) is 11.7. The van der Waals surface area contributed by atoms with E-state index in [1.165, 1.54) is 30.3 Å². The molecule has 0 radical (unpaired) electrons. The lowest BCUT2D eigenvalue weighted by Crippen LogP contribution is -2.22. The quantitative estimate of drug-likeness (QED) is 0.882. The molecule has 0 atom stereocenters. The van der Waals surface area contributed by atoms with Crippen molar-refractivity contribution in [3.05, 3.63) is 59.9 Å². The Morgan fingerprint density at radius 2 is 1.76 bits per heavy atom. The van der Waals surface area contributed by atoms with Crippen molar-refractivity contribution in [2.24, 2.45) is 5.73 Å². The molecule has 0 aromatic heterocycles. The number of anilines is 1. The molecular formula is C15H13FN2O3. The van der Waals surface area contributed by atoms with Crippen molar-refractivity contribution >= 4 is 17.5 Å². The summed E-state index contributed by atoms with van der Waals surface area (Å²) < 4.78 is 17.9. The van der Waals surface area contributed by atoms with Crippen LogP contribution in [-0.2, 0) is 4.79 Å². The van der Waals surface area contributed by atoms with E-state index in [1.54, 1.807) is 18.2 Å². The van der Waals surface area contributed by atoms with E-state index in [-0.39, 0.29) is 18.0 Å². The molecule has 21 heavy (non-hydrogen) atoms. The van der Waals surface area contributed by atoms with Gasteiger partial charge in [-0.05, 0) is 36.4 Å². The third-order valence-corrected chi connectivity index (χ3v) is 2.65. The molecule has 2 aromatic carbocycles. The maximum atomic E-state index is 12.7. The standard InChI is InChI=1S/C15H13FN2O3/c16-10-5-7-11(8-6-10)21-9-14(19)18-13-4-2-1-3-12(13)15(17)20/h1-8H,9H2,(H2,17,20)(H,18,19). The van der Waals surface area contributed by atoms with Gasteiger partial charge >= 0.3 is 0 Å². The Hall–Kier alpha value is -2.89. The Labute approximate surface area is 120 Å². The molecule has 0 unspecified atom stereocenters. The predicted molar refractivity (Wildman–Crippen MR) is 75.5 cm³/mol. The van der Waals surface area contributed by atoms with E-state index in [1.807, 2.05) is 0 Å². The Bertz CT molecular complexity index is 656. The first kappa shape index (κ1) is 14.5. The zero-order chi connectivity index (χ0) is 15.2. The average Bonchev–Trinajstić information content (AvgIpc) is 2.47. The van der Waals surface area contributed by atoms with Crippen LogP contribution in [0.2, 0.25) is 0 Å². The van der Waals surface area contributed by atoms with Crippen LogP contribution in [0.15, 0.2) is 48.5 Å². The van der Waals surface area contributed by atoms with Crippen LogP contribution in [0.25, 0.3) is 0 Å². The van der Waals surface area contributed by atoms with Crippen LogP contribution in [-0.4, -0.2) is 18.4 Å². The molecule has 2 amide bonds. The van der Waals surface area contributed by atoms with E-state index < -0.39 is 11.8 Å². The van der Waals surface area contributed by atoms with Crippen LogP contribution in [0.5, 0.6) is 5.75 Å². The fourth-order valence-corrected chi connectivity index (χ4v) is 1.67. The molecule has 0 aliphatic heterocycles. The number of primary amides is 1. The summed E-state index contributed by atoms with van der Waals surface area (Å²) in [5.41, 5.74) is 5.75. The minimum Gasteiger partial charge on any atom is -0.484 e. The molecule has 0 fully saturated rings. The van der Waals surface area contributed by atoms with E-state index in [9.17, 15) is 14.0 Å². The second-order valence-electron chi connectivity index (χ2n) is 4.20. The van der Waals surface area contributed by atoms with Crippen molar-refractivity contribution in [2.45, 2.75) is 0 Å². The molecule has 0 heterocycles. The second-order valence-corrected chi connectivity index (χ2v) is 4.20. The second kappa shape index (κ2) is 6.51. The summed E-state index contributed by atoms with van der Waals surface area (Å²) >= 11 is 0. The summed E-state index contributed by atoms with van der Waals surface area (Å²) in [5, 5.41) is 2.53. The molecule has 2 rings (SSSR count). The predicted octanol–water partition coefficient (Wildman–Crippen LogP) is 1.94. The summed E-state index contributed by atoms with van der Waals surface area (Å²) in [6.07, 6.45) is 0. The molecule has 5 nitrogen and oxygen atoms in total. The first-order valence-electron chi connectivity index (χ1n) is 6.13. The number of hydrogen-bond donors (Lipinski definition) is 2. The molecule has 108 valence electrons. The van der Waals surface area contributed by atoms with Crippen LogP contribution in [0.4, 0.5) is 10.1 Å². The monoisotopic (exact) mass is 288 g/mol. The van der Waals surface area contributed by atoms with Gasteiger partial charge in [-0.1, -0.05) is 12.1 Å². The molecule has 2 aromatic rings. The maximum absolute atomic E-state index is 12.7. The van der Waals surface area contributed by atoms with Gasteiger partial charge in [0.1, 0.15) is 11.6 Å². The highest BCUT2D eigenvalue weighted by Gasteiger charge is 2.10. The first-order chi connectivity index (χ1) is 10.1. The highest BCUT2D eigenvalue weighted by Crippen LogP contribution is 2.15. The topological polar surface area (TPSA) is 81.4 Å². The van der Waals surface area contributed by atoms with Gasteiger partial charge in [-0.25, -0.2) is 4.39 Å². The first-order valence-corrected chi connectivity index (χ1v) is 6.13. The fourth-order valence-electron chi connectivity index (χ4n) is 1.67. The molecule has 0 saturated carbocycles. The molecule has 6 heteroatoms. The van der Waals surface area contributed by atoms with Crippen molar-refractivity contribution in [3.8, 4) is 5.75 Å². The number of nitrogens with two attached hydrogens (primary N) is 1. The Kier molecular flexibility index (Phi) is 4.50. The summed E-state index contributed by atoms with van der Waals surface area (Å²) in [4.78, 5) is 23.0. The molecule has 3 N–H and O–H groups in total. The van der Waals surface area contributed by atoms with Gasteiger partial charge in [0.2, 0.25) is 0 Å². The number of carbonyl (C=O) groups excluding carboxylic acids is 2. The minimum absolute atomic E-state index is 0.215. The third-order valence-electron chi connectivity index (χ3n) is 2.65. The van der Waals surface area contributed by atoms with Crippen LogP contribution in [0.3, 0.4) is 0 Å². The lowest BCUT2D eigenvalue weighted by Gasteiger charge is -2.09. The van der Waals surface area contributed by atoms with Gasteiger partial charge in [0.05, 0.1) is 11.3 Å². The molecule has 0 aliphatic rings.